The zero-order valence-electron chi connectivity index (χ0n) is 19.0. The molecule has 0 amide bonds. The Kier molecular flexibility index (Phi) is 8.94. The van der Waals surface area contributed by atoms with Gasteiger partial charge in [-0.2, -0.15) is 0 Å². The van der Waals surface area contributed by atoms with E-state index in [1.165, 1.54) is 17.4 Å². The molecule has 0 heterocycles. The second kappa shape index (κ2) is 10.8. The van der Waals surface area contributed by atoms with E-state index in [4.69, 9.17) is 4.99 Å². The molecule has 1 saturated carbocycles. The number of hydrogen-bond donors (Lipinski definition) is 2. The molecule has 1 aliphatic rings. The molecule has 0 spiro atoms. The summed E-state index contributed by atoms with van der Waals surface area (Å²) >= 11 is 0. The monoisotopic (exact) mass is 555 g/mol. The third-order valence-corrected chi connectivity index (χ3v) is 6.80. The van der Waals surface area contributed by atoms with E-state index >= 15 is 0 Å². The van der Waals surface area contributed by atoms with Gasteiger partial charge in [-0.25, -0.2) is 13.4 Å². The fraction of sp³-hybridized carbons (Fsp3) is 0.458. The number of sulfone groups is 1. The van der Waals surface area contributed by atoms with Crippen LogP contribution in [-0.4, -0.2) is 33.2 Å². The first-order chi connectivity index (χ1) is 14.2. The van der Waals surface area contributed by atoms with Gasteiger partial charge in [0.2, 0.25) is 0 Å². The molecule has 0 radical (unpaired) electrons. The molecule has 0 aliphatic heterocycles. The highest BCUT2D eigenvalue weighted by atomic mass is 127. The Hall–Kier alpha value is -1.61. The molecular weight excluding hydrogens is 521 g/mol. The summed E-state index contributed by atoms with van der Waals surface area (Å²) in [5.74, 6) is 1.87. The van der Waals surface area contributed by atoms with Crippen LogP contribution in [-0.2, 0) is 16.4 Å². The molecule has 31 heavy (non-hydrogen) atoms. The third kappa shape index (κ3) is 6.94. The van der Waals surface area contributed by atoms with Gasteiger partial charge >= 0.3 is 0 Å². The quantitative estimate of drug-likeness (QED) is 0.294. The molecule has 0 aromatic heterocycles. The largest absolute Gasteiger partial charge is 0.357 e. The lowest BCUT2D eigenvalue weighted by molar-refractivity contribution is 0.601. The highest BCUT2D eigenvalue weighted by Crippen LogP contribution is 2.41. The fourth-order valence-electron chi connectivity index (χ4n) is 3.74. The highest BCUT2D eigenvalue weighted by molar-refractivity contribution is 14.0. The molecule has 2 aromatic rings. The maximum atomic E-state index is 11.8. The Morgan fingerprint density at radius 1 is 1.16 bits per heavy atom. The molecule has 0 saturated heterocycles. The number of nitrogens with zero attached hydrogens (tertiary/aromatic N) is 1. The molecule has 2 unspecified atom stereocenters. The number of aryl methyl sites for hydroxylation is 1. The first-order valence-corrected chi connectivity index (χ1v) is 12.5. The van der Waals surface area contributed by atoms with E-state index in [9.17, 15) is 8.42 Å². The SMILES string of the molecule is CCNC(=NCc1ccc(S(C)(=O)=O)c(C)c1)NC1CC1c1ccc(C(C)C)cc1.I. The van der Waals surface area contributed by atoms with Crippen molar-refractivity contribution in [3.8, 4) is 0 Å². The van der Waals surface area contributed by atoms with Crippen LogP contribution in [0.4, 0.5) is 0 Å². The topological polar surface area (TPSA) is 70.6 Å². The van der Waals surface area contributed by atoms with E-state index in [-0.39, 0.29) is 24.0 Å². The molecule has 3 rings (SSSR count). The lowest BCUT2D eigenvalue weighted by atomic mass is 10.0. The molecule has 1 fully saturated rings. The summed E-state index contributed by atoms with van der Waals surface area (Å²) in [5, 5.41) is 6.85. The zero-order valence-corrected chi connectivity index (χ0v) is 22.1. The maximum Gasteiger partial charge on any atom is 0.191 e. The number of benzene rings is 2. The predicted octanol–water partition coefficient (Wildman–Crippen LogP) is 4.75. The second-order valence-corrected chi connectivity index (χ2v) is 10.5. The van der Waals surface area contributed by atoms with Crippen LogP contribution in [0.25, 0.3) is 0 Å². The third-order valence-electron chi connectivity index (χ3n) is 5.55. The Morgan fingerprint density at radius 2 is 1.84 bits per heavy atom. The average Bonchev–Trinajstić information content (AvgIpc) is 3.44. The van der Waals surface area contributed by atoms with Crippen LogP contribution < -0.4 is 10.6 Å². The van der Waals surface area contributed by atoms with Crippen LogP contribution >= 0.6 is 24.0 Å². The van der Waals surface area contributed by atoms with Crippen molar-refractivity contribution < 1.29 is 8.42 Å². The van der Waals surface area contributed by atoms with Crippen molar-refractivity contribution in [2.24, 2.45) is 4.99 Å². The Balaban J connectivity index is 0.00000341. The second-order valence-electron chi connectivity index (χ2n) is 8.48. The van der Waals surface area contributed by atoms with Crippen molar-refractivity contribution in [3.63, 3.8) is 0 Å². The van der Waals surface area contributed by atoms with Gasteiger partial charge in [-0.1, -0.05) is 50.2 Å². The van der Waals surface area contributed by atoms with E-state index < -0.39 is 9.84 Å². The highest BCUT2D eigenvalue weighted by Gasteiger charge is 2.39. The van der Waals surface area contributed by atoms with E-state index in [1.807, 2.05) is 19.1 Å². The summed E-state index contributed by atoms with van der Waals surface area (Å²) in [5.41, 5.74) is 4.50. The van der Waals surface area contributed by atoms with Gasteiger partial charge in [-0.05, 0) is 54.5 Å². The predicted molar refractivity (Wildman–Crippen MR) is 139 cm³/mol. The molecule has 2 aromatic carbocycles. The van der Waals surface area contributed by atoms with Crippen molar-refractivity contribution in [3.05, 3.63) is 64.7 Å². The Bertz CT molecular complexity index is 1020. The van der Waals surface area contributed by atoms with Gasteiger partial charge < -0.3 is 10.6 Å². The number of rotatable bonds is 7. The minimum absolute atomic E-state index is 0. The van der Waals surface area contributed by atoms with Crippen molar-refractivity contribution in [2.45, 2.75) is 63.4 Å². The number of guanidine groups is 1. The van der Waals surface area contributed by atoms with Gasteiger partial charge in [0.25, 0.3) is 0 Å². The standard InChI is InChI=1S/C24H33N3O2S.HI/c1-6-25-24(26-15-18-7-12-23(17(4)13-18)30(5,28)29)27-22-14-21(22)20-10-8-19(9-11-20)16(2)3;/h7-13,16,21-22H,6,14-15H2,1-5H3,(H2,25,26,27);1H. The number of halogens is 1. The van der Waals surface area contributed by atoms with Gasteiger partial charge in [-0.15, -0.1) is 24.0 Å². The number of aliphatic imine (C=N–C) groups is 1. The van der Waals surface area contributed by atoms with Crippen LogP contribution in [0.15, 0.2) is 52.4 Å². The van der Waals surface area contributed by atoms with Crippen LogP contribution in [0.2, 0.25) is 0 Å². The normalized spacial score (nSPS) is 18.5. The Morgan fingerprint density at radius 3 is 2.39 bits per heavy atom. The van der Waals surface area contributed by atoms with Gasteiger partial charge in [-0.3, -0.25) is 0 Å². The molecule has 7 heteroatoms. The Labute approximate surface area is 204 Å². The summed E-state index contributed by atoms with van der Waals surface area (Å²) in [6, 6.07) is 14.8. The van der Waals surface area contributed by atoms with Gasteiger partial charge in [0.15, 0.2) is 15.8 Å². The summed E-state index contributed by atoms with van der Waals surface area (Å²) < 4.78 is 23.6. The van der Waals surface area contributed by atoms with Gasteiger partial charge in [0.05, 0.1) is 11.4 Å². The lowest BCUT2D eigenvalue weighted by Gasteiger charge is -2.12. The average molecular weight is 556 g/mol. The van der Waals surface area contributed by atoms with Gasteiger partial charge in [0.1, 0.15) is 0 Å². The maximum absolute atomic E-state index is 11.8. The number of nitrogens with one attached hydrogen (secondary N) is 2. The molecule has 2 atom stereocenters. The number of hydrogen-bond acceptors (Lipinski definition) is 3. The van der Waals surface area contributed by atoms with E-state index in [1.54, 1.807) is 6.07 Å². The van der Waals surface area contributed by atoms with Crippen molar-refractivity contribution >= 4 is 39.8 Å². The molecule has 170 valence electrons. The first-order valence-electron chi connectivity index (χ1n) is 10.6. The lowest BCUT2D eigenvalue weighted by Crippen LogP contribution is -2.39. The molecule has 2 N–H and O–H groups in total. The minimum Gasteiger partial charge on any atom is -0.357 e. The van der Waals surface area contributed by atoms with E-state index in [0.29, 0.717) is 29.3 Å². The van der Waals surface area contributed by atoms with E-state index in [0.717, 1.165) is 30.1 Å². The van der Waals surface area contributed by atoms with Crippen LogP contribution in [0.1, 0.15) is 61.3 Å². The van der Waals surface area contributed by atoms with E-state index in [2.05, 4.69) is 55.7 Å². The minimum atomic E-state index is -3.20. The molecular formula is C24H34IN3O2S. The summed E-state index contributed by atoms with van der Waals surface area (Å²) in [6.45, 7) is 9.60. The molecule has 5 nitrogen and oxygen atoms in total. The fourth-order valence-corrected chi connectivity index (χ4v) is 4.70. The first kappa shape index (κ1) is 25.6. The summed E-state index contributed by atoms with van der Waals surface area (Å²) in [4.78, 5) is 5.09. The van der Waals surface area contributed by atoms with Crippen LogP contribution in [0, 0.1) is 6.92 Å². The van der Waals surface area contributed by atoms with Crippen molar-refractivity contribution in [1.82, 2.24) is 10.6 Å². The summed E-state index contributed by atoms with van der Waals surface area (Å²) in [6.07, 6.45) is 2.34. The van der Waals surface area contributed by atoms with Crippen LogP contribution in [0.3, 0.4) is 0 Å². The van der Waals surface area contributed by atoms with Crippen molar-refractivity contribution in [2.75, 3.05) is 12.8 Å². The summed E-state index contributed by atoms with van der Waals surface area (Å²) in [7, 11) is -3.20. The van der Waals surface area contributed by atoms with Crippen molar-refractivity contribution in [1.29, 1.82) is 0 Å². The molecule has 0 bridgehead atoms. The smallest absolute Gasteiger partial charge is 0.191 e. The zero-order chi connectivity index (χ0) is 21.9. The molecule has 1 aliphatic carbocycles. The van der Waals surface area contributed by atoms with Crippen LogP contribution in [0.5, 0.6) is 0 Å². The van der Waals surface area contributed by atoms with Gasteiger partial charge in [0, 0.05) is 24.8 Å².